The first-order valence-corrected chi connectivity index (χ1v) is 7.62. The molecule has 5 heteroatoms. The molecule has 0 bridgehead atoms. The summed E-state index contributed by atoms with van der Waals surface area (Å²) < 4.78 is 0. The van der Waals surface area contributed by atoms with Gasteiger partial charge in [-0.3, -0.25) is 9.59 Å². The summed E-state index contributed by atoms with van der Waals surface area (Å²) >= 11 is 0. The van der Waals surface area contributed by atoms with Crippen LogP contribution in [0.2, 0.25) is 0 Å². The first kappa shape index (κ1) is 14.1. The molecule has 2 amide bonds. The zero-order valence-corrected chi connectivity index (χ0v) is 12.1. The monoisotopic (exact) mass is 287 g/mol. The summed E-state index contributed by atoms with van der Waals surface area (Å²) in [6.45, 7) is 3.06. The van der Waals surface area contributed by atoms with E-state index >= 15 is 0 Å². The SMILES string of the molecule is O=C(NCc1ccc(N2CCCC2=O)cc1)C1CCNC1. The van der Waals surface area contributed by atoms with E-state index in [2.05, 4.69) is 10.6 Å². The minimum atomic E-state index is 0.103. The number of anilines is 1. The standard InChI is InChI=1S/C16H21N3O2/c20-15-2-1-9-19(15)14-5-3-12(4-6-14)10-18-16(21)13-7-8-17-11-13/h3-6,13,17H,1-2,7-11H2,(H,18,21). The van der Waals surface area contributed by atoms with Crippen LogP contribution in [0.1, 0.15) is 24.8 Å². The zero-order valence-electron chi connectivity index (χ0n) is 12.1. The fraction of sp³-hybridized carbons (Fsp3) is 0.500. The van der Waals surface area contributed by atoms with E-state index in [1.807, 2.05) is 29.2 Å². The van der Waals surface area contributed by atoms with Crippen LogP contribution in [0.15, 0.2) is 24.3 Å². The highest BCUT2D eigenvalue weighted by Gasteiger charge is 2.22. The number of benzene rings is 1. The molecule has 2 heterocycles. The van der Waals surface area contributed by atoms with Crippen LogP contribution in [0.3, 0.4) is 0 Å². The maximum Gasteiger partial charge on any atom is 0.227 e. The van der Waals surface area contributed by atoms with E-state index in [1.165, 1.54) is 0 Å². The van der Waals surface area contributed by atoms with Crippen LogP contribution < -0.4 is 15.5 Å². The number of carbonyl (C=O) groups excluding carboxylic acids is 2. The van der Waals surface area contributed by atoms with Crippen LogP contribution in [-0.2, 0) is 16.1 Å². The number of amides is 2. The van der Waals surface area contributed by atoms with Crippen molar-refractivity contribution in [3.63, 3.8) is 0 Å². The molecule has 2 N–H and O–H groups in total. The predicted octanol–water partition coefficient (Wildman–Crippen LogP) is 1.04. The number of hydrogen-bond acceptors (Lipinski definition) is 3. The number of carbonyl (C=O) groups is 2. The molecule has 0 aliphatic carbocycles. The Kier molecular flexibility index (Phi) is 4.20. The van der Waals surface area contributed by atoms with E-state index in [9.17, 15) is 9.59 Å². The number of nitrogens with one attached hydrogen (secondary N) is 2. The molecule has 1 atom stereocenters. The maximum atomic E-state index is 11.9. The summed E-state index contributed by atoms with van der Waals surface area (Å²) in [6, 6.07) is 7.88. The van der Waals surface area contributed by atoms with Crippen LogP contribution in [-0.4, -0.2) is 31.4 Å². The van der Waals surface area contributed by atoms with Gasteiger partial charge in [0, 0.05) is 31.7 Å². The van der Waals surface area contributed by atoms with Gasteiger partial charge in [-0.2, -0.15) is 0 Å². The molecule has 0 radical (unpaired) electrons. The Balaban J connectivity index is 1.54. The van der Waals surface area contributed by atoms with E-state index < -0.39 is 0 Å². The Morgan fingerprint density at radius 3 is 2.76 bits per heavy atom. The molecule has 0 aromatic heterocycles. The molecule has 0 saturated carbocycles. The Morgan fingerprint density at radius 2 is 2.14 bits per heavy atom. The molecule has 3 rings (SSSR count). The third-order valence-electron chi connectivity index (χ3n) is 4.22. The smallest absolute Gasteiger partial charge is 0.227 e. The van der Waals surface area contributed by atoms with Gasteiger partial charge < -0.3 is 15.5 Å². The summed E-state index contributed by atoms with van der Waals surface area (Å²) in [5, 5.41) is 6.18. The van der Waals surface area contributed by atoms with Crippen molar-refractivity contribution in [1.82, 2.24) is 10.6 Å². The Morgan fingerprint density at radius 1 is 1.33 bits per heavy atom. The van der Waals surface area contributed by atoms with Crippen LogP contribution in [0, 0.1) is 5.92 Å². The maximum absolute atomic E-state index is 11.9. The molecule has 2 aliphatic heterocycles. The highest BCUT2D eigenvalue weighted by atomic mass is 16.2. The summed E-state index contributed by atoms with van der Waals surface area (Å²) in [6.07, 6.45) is 2.50. The summed E-state index contributed by atoms with van der Waals surface area (Å²) in [5.74, 6) is 0.426. The number of hydrogen-bond donors (Lipinski definition) is 2. The number of nitrogens with zero attached hydrogens (tertiary/aromatic N) is 1. The largest absolute Gasteiger partial charge is 0.352 e. The molecule has 0 spiro atoms. The topological polar surface area (TPSA) is 61.4 Å². The fourth-order valence-corrected chi connectivity index (χ4v) is 2.93. The average Bonchev–Trinajstić information content (AvgIpc) is 3.17. The van der Waals surface area contributed by atoms with E-state index in [0.717, 1.165) is 43.7 Å². The van der Waals surface area contributed by atoms with E-state index in [4.69, 9.17) is 0 Å². The van der Waals surface area contributed by atoms with Gasteiger partial charge in [-0.25, -0.2) is 0 Å². The molecule has 5 nitrogen and oxygen atoms in total. The van der Waals surface area contributed by atoms with Crippen LogP contribution >= 0.6 is 0 Å². The average molecular weight is 287 g/mol. The van der Waals surface area contributed by atoms with Crippen LogP contribution in [0.5, 0.6) is 0 Å². The third-order valence-corrected chi connectivity index (χ3v) is 4.22. The van der Waals surface area contributed by atoms with Gasteiger partial charge in [0.25, 0.3) is 0 Å². The van der Waals surface area contributed by atoms with Gasteiger partial charge in [0.15, 0.2) is 0 Å². The number of rotatable bonds is 4. The van der Waals surface area contributed by atoms with Gasteiger partial charge in [-0.1, -0.05) is 12.1 Å². The van der Waals surface area contributed by atoms with E-state index in [0.29, 0.717) is 13.0 Å². The summed E-state index contributed by atoms with van der Waals surface area (Å²) in [4.78, 5) is 25.4. The van der Waals surface area contributed by atoms with Crippen molar-refractivity contribution in [1.29, 1.82) is 0 Å². The van der Waals surface area contributed by atoms with Crippen molar-refractivity contribution in [3.8, 4) is 0 Å². The lowest BCUT2D eigenvalue weighted by Crippen LogP contribution is -2.31. The fourth-order valence-electron chi connectivity index (χ4n) is 2.93. The molecule has 1 aromatic carbocycles. The minimum absolute atomic E-state index is 0.103. The molecule has 112 valence electrons. The van der Waals surface area contributed by atoms with Crippen molar-refractivity contribution in [2.45, 2.75) is 25.8 Å². The van der Waals surface area contributed by atoms with Crippen LogP contribution in [0.25, 0.3) is 0 Å². The van der Waals surface area contributed by atoms with Gasteiger partial charge in [-0.05, 0) is 37.1 Å². The molecular formula is C16H21N3O2. The summed E-state index contributed by atoms with van der Waals surface area (Å²) in [7, 11) is 0. The quantitative estimate of drug-likeness (QED) is 0.870. The van der Waals surface area contributed by atoms with Gasteiger partial charge in [0.1, 0.15) is 0 Å². The molecule has 1 aromatic rings. The molecule has 2 aliphatic rings. The Hall–Kier alpha value is -1.88. The second kappa shape index (κ2) is 6.26. The summed E-state index contributed by atoms with van der Waals surface area (Å²) in [5.41, 5.74) is 2.01. The zero-order chi connectivity index (χ0) is 14.7. The highest BCUT2D eigenvalue weighted by Crippen LogP contribution is 2.21. The lowest BCUT2D eigenvalue weighted by Gasteiger charge is -2.16. The van der Waals surface area contributed by atoms with Gasteiger partial charge >= 0.3 is 0 Å². The molecule has 21 heavy (non-hydrogen) atoms. The predicted molar refractivity (Wildman–Crippen MR) is 80.9 cm³/mol. The van der Waals surface area contributed by atoms with E-state index in [1.54, 1.807) is 0 Å². The first-order chi connectivity index (χ1) is 10.2. The third kappa shape index (κ3) is 3.24. The Bertz CT molecular complexity index is 521. The Labute approximate surface area is 124 Å². The molecular weight excluding hydrogens is 266 g/mol. The second-order valence-corrected chi connectivity index (χ2v) is 5.72. The van der Waals surface area contributed by atoms with Gasteiger partial charge in [-0.15, -0.1) is 0 Å². The first-order valence-electron chi connectivity index (χ1n) is 7.62. The van der Waals surface area contributed by atoms with Crippen molar-refractivity contribution in [3.05, 3.63) is 29.8 Å². The van der Waals surface area contributed by atoms with Crippen molar-refractivity contribution < 1.29 is 9.59 Å². The minimum Gasteiger partial charge on any atom is -0.352 e. The molecule has 2 saturated heterocycles. The second-order valence-electron chi connectivity index (χ2n) is 5.72. The van der Waals surface area contributed by atoms with Crippen molar-refractivity contribution in [2.75, 3.05) is 24.5 Å². The lowest BCUT2D eigenvalue weighted by molar-refractivity contribution is -0.124. The molecule has 1 unspecified atom stereocenters. The van der Waals surface area contributed by atoms with Crippen molar-refractivity contribution in [2.24, 2.45) is 5.92 Å². The normalized spacial score (nSPS) is 21.8. The van der Waals surface area contributed by atoms with Crippen molar-refractivity contribution >= 4 is 17.5 Å². The highest BCUT2D eigenvalue weighted by molar-refractivity contribution is 5.95. The van der Waals surface area contributed by atoms with Gasteiger partial charge in [0.05, 0.1) is 5.92 Å². The molecule has 2 fully saturated rings. The van der Waals surface area contributed by atoms with E-state index in [-0.39, 0.29) is 17.7 Å². The lowest BCUT2D eigenvalue weighted by atomic mass is 10.1. The van der Waals surface area contributed by atoms with Gasteiger partial charge in [0.2, 0.25) is 11.8 Å². The van der Waals surface area contributed by atoms with Crippen LogP contribution in [0.4, 0.5) is 5.69 Å².